The van der Waals surface area contributed by atoms with E-state index in [-0.39, 0.29) is 16.2 Å². The predicted octanol–water partition coefficient (Wildman–Crippen LogP) is 1.59. The maximum atomic E-state index is 11.0. The van der Waals surface area contributed by atoms with Gasteiger partial charge in [0.05, 0.1) is 4.90 Å². The van der Waals surface area contributed by atoms with Crippen molar-refractivity contribution >= 4 is 22.1 Å². The first-order chi connectivity index (χ1) is 10.3. The van der Waals surface area contributed by atoms with Crippen molar-refractivity contribution in [1.29, 1.82) is 5.26 Å². The number of hydrogen-bond acceptors (Lipinski definition) is 5. The molecule has 0 atom stereocenters. The summed E-state index contributed by atoms with van der Waals surface area (Å²) < 4.78 is 36.2. The number of hydrogen-bond donors (Lipinski definition) is 2. The third kappa shape index (κ3) is 3.41. The van der Waals surface area contributed by atoms with Crippen LogP contribution in [-0.4, -0.2) is 18.9 Å². The van der Waals surface area contributed by atoms with E-state index in [0.29, 0.717) is 11.3 Å². The number of primary amides is 1. The third-order valence-electron chi connectivity index (χ3n) is 2.74. The lowest BCUT2D eigenvalue weighted by atomic mass is 10.2. The van der Waals surface area contributed by atoms with Crippen LogP contribution in [0.4, 0.5) is 0 Å². The minimum atomic E-state index is -4.25. The highest BCUT2D eigenvalue weighted by Crippen LogP contribution is 2.24. The van der Waals surface area contributed by atoms with E-state index < -0.39 is 16.0 Å². The zero-order valence-corrected chi connectivity index (χ0v) is 11.9. The Morgan fingerprint density at radius 2 is 1.86 bits per heavy atom. The van der Waals surface area contributed by atoms with Crippen LogP contribution < -0.4 is 5.73 Å². The average Bonchev–Trinajstić information content (AvgIpc) is 2.92. The summed E-state index contributed by atoms with van der Waals surface area (Å²) in [5.74, 6) is -0.211. The Kier molecular flexibility index (Phi) is 4.12. The van der Waals surface area contributed by atoms with Crippen LogP contribution in [0.5, 0.6) is 0 Å². The summed E-state index contributed by atoms with van der Waals surface area (Å²) in [4.78, 5) is 10.7. The van der Waals surface area contributed by atoms with E-state index in [9.17, 15) is 13.2 Å². The first-order valence-corrected chi connectivity index (χ1v) is 7.34. The van der Waals surface area contributed by atoms with Crippen molar-refractivity contribution in [2.75, 3.05) is 0 Å². The third-order valence-corrected chi connectivity index (χ3v) is 3.60. The lowest BCUT2D eigenvalue weighted by Crippen LogP contribution is -2.12. The summed E-state index contributed by atoms with van der Waals surface area (Å²) in [5, 5.41) is 8.75. The van der Waals surface area contributed by atoms with E-state index in [1.165, 1.54) is 36.4 Å². The van der Waals surface area contributed by atoms with Crippen LogP contribution >= 0.6 is 0 Å². The van der Waals surface area contributed by atoms with Crippen molar-refractivity contribution in [3.63, 3.8) is 0 Å². The molecule has 0 saturated carbocycles. The summed E-state index contributed by atoms with van der Waals surface area (Å²) in [7, 11) is -4.25. The predicted molar refractivity (Wildman–Crippen MR) is 76.7 cm³/mol. The molecule has 0 radical (unpaired) electrons. The zero-order chi connectivity index (χ0) is 16.3. The molecule has 0 spiro atoms. The molecule has 0 bridgehead atoms. The Hall–Kier alpha value is -2.89. The van der Waals surface area contributed by atoms with Crippen LogP contribution in [0.15, 0.2) is 51.3 Å². The highest BCUT2D eigenvalue weighted by atomic mass is 32.2. The van der Waals surface area contributed by atoms with Crippen molar-refractivity contribution in [1.82, 2.24) is 0 Å². The molecule has 1 aromatic heterocycles. The fraction of sp³-hybridized carbons (Fsp3) is 0. The molecule has 7 nitrogen and oxygen atoms in total. The maximum Gasteiger partial charge on any atom is 0.294 e. The standard InChI is InChI=1S/C14H10N2O5S/c15-8-10(14(16)17)7-11-3-6-13(21-11)9-1-4-12(5-2-9)22(18,19)20/h1-7H,(H2,16,17)(H,18,19,20)/b10-7-. The van der Waals surface area contributed by atoms with E-state index >= 15 is 0 Å². The number of nitrogens with zero attached hydrogens (tertiary/aromatic N) is 1. The fourth-order valence-electron chi connectivity index (χ4n) is 1.68. The molecular weight excluding hydrogens is 308 g/mol. The zero-order valence-electron chi connectivity index (χ0n) is 11.1. The number of nitriles is 1. The van der Waals surface area contributed by atoms with Crippen molar-refractivity contribution in [3.05, 3.63) is 47.7 Å². The molecule has 8 heteroatoms. The normalized spacial score (nSPS) is 11.9. The van der Waals surface area contributed by atoms with Gasteiger partial charge < -0.3 is 10.2 Å². The lowest BCUT2D eigenvalue weighted by molar-refractivity contribution is -0.114. The fourth-order valence-corrected chi connectivity index (χ4v) is 2.16. The first kappa shape index (κ1) is 15.5. The van der Waals surface area contributed by atoms with Gasteiger partial charge in [-0.3, -0.25) is 9.35 Å². The molecule has 112 valence electrons. The van der Waals surface area contributed by atoms with Crippen LogP contribution in [0.1, 0.15) is 5.76 Å². The smallest absolute Gasteiger partial charge is 0.294 e. The van der Waals surface area contributed by atoms with Gasteiger partial charge in [-0.05, 0) is 36.4 Å². The SMILES string of the molecule is N#C/C(=C/c1ccc(-c2ccc(S(=O)(=O)O)cc2)o1)C(N)=O. The summed E-state index contributed by atoms with van der Waals surface area (Å²) in [5.41, 5.74) is 5.33. The molecule has 0 unspecified atom stereocenters. The van der Waals surface area contributed by atoms with Gasteiger partial charge in [0.25, 0.3) is 16.0 Å². The number of benzene rings is 1. The van der Waals surface area contributed by atoms with Gasteiger partial charge in [0, 0.05) is 11.6 Å². The van der Waals surface area contributed by atoms with E-state index in [4.69, 9.17) is 20.0 Å². The lowest BCUT2D eigenvalue weighted by Gasteiger charge is -1.99. The highest BCUT2D eigenvalue weighted by molar-refractivity contribution is 7.85. The molecule has 2 rings (SSSR count). The minimum absolute atomic E-state index is 0.233. The first-order valence-electron chi connectivity index (χ1n) is 5.90. The van der Waals surface area contributed by atoms with Gasteiger partial charge in [-0.25, -0.2) is 0 Å². The minimum Gasteiger partial charge on any atom is -0.457 e. The molecular formula is C14H10N2O5S. The molecule has 1 aromatic carbocycles. The van der Waals surface area contributed by atoms with Gasteiger partial charge in [0.15, 0.2) is 0 Å². The average molecular weight is 318 g/mol. The van der Waals surface area contributed by atoms with Crippen molar-refractivity contribution in [2.24, 2.45) is 5.73 Å². The monoisotopic (exact) mass is 318 g/mol. The Bertz CT molecular complexity index is 886. The van der Waals surface area contributed by atoms with Gasteiger partial charge in [0.2, 0.25) is 0 Å². The molecule has 2 aromatic rings. The van der Waals surface area contributed by atoms with Crippen LogP contribution in [0.3, 0.4) is 0 Å². The van der Waals surface area contributed by atoms with Crippen LogP contribution in [-0.2, 0) is 14.9 Å². The molecule has 3 N–H and O–H groups in total. The summed E-state index contributed by atoms with van der Waals surface area (Å²) >= 11 is 0. The van der Waals surface area contributed by atoms with Gasteiger partial charge in [-0.2, -0.15) is 13.7 Å². The number of amides is 1. The second-order valence-electron chi connectivity index (χ2n) is 4.24. The van der Waals surface area contributed by atoms with Gasteiger partial charge in [-0.15, -0.1) is 0 Å². The number of carbonyl (C=O) groups is 1. The summed E-state index contributed by atoms with van der Waals surface area (Å²) in [6.45, 7) is 0. The Morgan fingerprint density at radius 1 is 1.23 bits per heavy atom. The van der Waals surface area contributed by atoms with E-state index in [1.54, 1.807) is 12.1 Å². The molecule has 22 heavy (non-hydrogen) atoms. The topological polar surface area (TPSA) is 134 Å². The summed E-state index contributed by atoms with van der Waals surface area (Å²) in [6, 6.07) is 10.1. The van der Waals surface area contributed by atoms with Crippen molar-refractivity contribution in [2.45, 2.75) is 4.90 Å². The molecule has 0 saturated heterocycles. The number of furan rings is 1. The Morgan fingerprint density at radius 3 is 2.36 bits per heavy atom. The van der Waals surface area contributed by atoms with Gasteiger partial charge in [-0.1, -0.05) is 0 Å². The van der Waals surface area contributed by atoms with E-state index in [1.807, 2.05) is 0 Å². The second-order valence-corrected chi connectivity index (χ2v) is 5.66. The Labute approximate surface area is 126 Å². The van der Waals surface area contributed by atoms with Crippen LogP contribution in [0, 0.1) is 11.3 Å². The quantitative estimate of drug-likeness (QED) is 0.499. The molecule has 0 aliphatic heterocycles. The Balaban J connectivity index is 2.33. The summed E-state index contributed by atoms with van der Waals surface area (Å²) in [6.07, 6.45) is 1.21. The van der Waals surface area contributed by atoms with Gasteiger partial charge >= 0.3 is 0 Å². The van der Waals surface area contributed by atoms with E-state index in [2.05, 4.69) is 0 Å². The second kappa shape index (κ2) is 5.85. The molecule has 0 aliphatic carbocycles. The molecule has 0 fully saturated rings. The number of carbonyl (C=O) groups excluding carboxylic acids is 1. The largest absolute Gasteiger partial charge is 0.457 e. The number of nitrogens with two attached hydrogens (primary N) is 1. The van der Waals surface area contributed by atoms with Crippen molar-refractivity contribution in [3.8, 4) is 17.4 Å². The van der Waals surface area contributed by atoms with E-state index in [0.717, 1.165) is 0 Å². The van der Waals surface area contributed by atoms with Crippen molar-refractivity contribution < 1.29 is 22.2 Å². The van der Waals surface area contributed by atoms with Crippen LogP contribution in [0.2, 0.25) is 0 Å². The van der Waals surface area contributed by atoms with Gasteiger partial charge in [0.1, 0.15) is 23.2 Å². The highest BCUT2D eigenvalue weighted by Gasteiger charge is 2.11. The molecule has 1 amide bonds. The molecule has 0 aliphatic rings. The van der Waals surface area contributed by atoms with Crippen LogP contribution in [0.25, 0.3) is 17.4 Å². The number of rotatable bonds is 4. The molecule has 1 heterocycles. The maximum absolute atomic E-state index is 11.0.